The van der Waals surface area contributed by atoms with Crippen LogP contribution >= 0.6 is 11.3 Å². The zero-order valence-corrected chi connectivity index (χ0v) is 18.5. The summed E-state index contributed by atoms with van der Waals surface area (Å²) in [6.07, 6.45) is 0.953. The molecular weight excluding hydrogens is 420 g/mol. The third-order valence-electron chi connectivity index (χ3n) is 5.30. The summed E-state index contributed by atoms with van der Waals surface area (Å²) in [4.78, 5) is 3.47. The van der Waals surface area contributed by atoms with Crippen LogP contribution in [0.2, 0.25) is 0 Å². The summed E-state index contributed by atoms with van der Waals surface area (Å²) < 4.78 is 39.6. The number of rotatable bonds is 8. The molecule has 8 heteroatoms. The van der Waals surface area contributed by atoms with Gasteiger partial charge >= 0.3 is 0 Å². The van der Waals surface area contributed by atoms with Gasteiger partial charge in [-0.1, -0.05) is 24.3 Å². The highest BCUT2D eigenvalue weighted by Crippen LogP contribution is 2.36. The molecule has 0 fully saturated rings. The Bertz CT molecular complexity index is 1110. The summed E-state index contributed by atoms with van der Waals surface area (Å²) >= 11 is 1.63. The number of thiophene rings is 1. The van der Waals surface area contributed by atoms with E-state index in [-0.39, 0.29) is 23.2 Å². The SMILES string of the molecule is COc1ccc(OC)c(S(=O)(=O)NC[C@H](c2cccs2)N2CCc3ccccc32)c1. The zero-order valence-electron chi connectivity index (χ0n) is 16.9. The molecule has 2 aromatic carbocycles. The summed E-state index contributed by atoms with van der Waals surface area (Å²) in [5.41, 5.74) is 2.45. The van der Waals surface area contributed by atoms with Crippen molar-refractivity contribution in [2.45, 2.75) is 17.4 Å². The summed E-state index contributed by atoms with van der Waals surface area (Å²) in [5.74, 6) is 0.738. The smallest absolute Gasteiger partial charge is 0.244 e. The molecule has 1 aliphatic heterocycles. The van der Waals surface area contributed by atoms with E-state index < -0.39 is 10.0 Å². The maximum atomic E-state index is 13.2. The van der Waals surface area contributed by atoms with E-state index in [9.17, 15) is 8.42 Å². The lowest BCUT2D eigenvalue weighted by Crippen LogP contribution is -2.37. The Morgan fingerprint density at radius 1 is 1.10 bits per heavy atom. The first kappa shape index (κ1) is 20.7. The van der Waals surface area contributed by atoms with E-state index in [0.29, 0.717) is 5.75 Å². The number of hydrogen-bond acceptors (Lipinski definition) is 6. The molecule has 0 aliphatic carbocycles. The van der Waals surface area contributed by atoms with Gasteiger partial charge in [0.1, 0.15) is 16.4 Å². The van der Waals surface area contributed by atoms with Gasteiger partial charge in [-0.3, -0.25) is 0 Å². The second-order valence-electron chi connectivity index (χ2n) is 6.97. The Morgan fingerprint density at radius 3 is 2.67 bits per heavy atom. The second kappa shape index (κ2) is 8.67. The molecule has 0 spiro atoms. The van der Waals surface area contributed by atoms with Gasteiger partial charge in [-0.25, -0.2) is 13.1 Å². The Morgan fingerprint density at radius 2 is 1.93 bits per heavy atom. The normalized spacial score (nSPS) is 14.4. The van der Waals surface area contributed by atoms with Crippen LogP contribution in [0.3, 0.4) is 0 Å². The average molecular weight is 445 g/mol. The Labute approximate surface area is 181 Å². The number of para-hydroxylation sites is 1. The van der Waals surface area contributed by atoms with Crippen molar-refractivity contribution in [2.75, 3.05) is 32.2 Å². The molecule has 2 heterocycles. The van der Waals surface area contributed by atoms with E-state index in [0.717, 1.165) is 23.5 Å². The maximum Gasteiger partial charge on any atom is 0.244 e. The molecule has 6 nitrogen and oxygen atoms in total. The second-order valence-corrected chi connectivity index (χ2v) is 9.69. The average Bonchev–Trinajstić information content (AvgIpc) is 3.44. The highest BCUT2D eigenvalue weighted by Gasteiger charge is 2.30. The van der Waals surface area contributed by atoms with Crippen molar-refractivity contribution in [1.82, 2.24) is 4.72 Å². The van der Waals surface area contributed by atoms with Gasteiger partial charge in [-0.15, -0.1) is 11.3 Å². The molecule has 1 N–H and O–H groups in total. The molecule has 1 aromatic heterocycles. The van der Waals surface area contributed by atoms with E-state index in [1.165, 1.54) is 25.8 Å². The van der Waals surface area contributed by atoms with E-state index >= 15 is 0 Å². The molecule has 1 atom stereocenters. The monoisotopic (exact) mass is 444 g/mol. The van der Waals surface area contributed by atoms with Crippen molar-refractivity contribution in [3.05, 3.63) is 70.4 Å². The van der Waals surface area contributed by atoms with Gasteiger partial charge in [-0.05, 0) is 41.6 Å². The predicted molar refractivity (Wildman–Crippen MR) is 119 cm³/mol. The largest absolute Gasteiger partial charge is 0.497 e. The van der Waals surface area contributed by atoms with Crippen molar-refractivity contribution in [2.24, 2.45) is 0 Å². The van der Waals surface area contributed by atoms with Crippen molar-refractivity contribution in [1.29, 1.82) is 0 Å². The number of methoxy groups -OCH3 is 2. The minimum absolute atomic E-state index is 0.0658. The van der Waals surface area contributed by atoms with Crippen molar-refractivity contribution >= 4 is 27.0 Å². The summed E-state index contributed by atoms with van der Waals surface area (Å²) in [6, 6.07) is 17.0. The quantitative estimate of drug-likeness (QED) is 0.572. The van der Waals surface area contributed by atoms with Crippen LogP contribution in [0, 0.1) is 0 Å². The minimum Gasteiger partial charge on any atom is -0.497 e. The fraction of sp³-hybridized carbons (Fsp3) is 0.273. The third kappa shape index (κ3) is 4.03. The topological polar surface area (TPSA) is 67.9 Å². The molecule has 0 unspecified atom stereocenters. The van der Waals surface area contributed by atoms with Gasteiger partial charge in [0.2, 0.25) is 10.0 Å². The lowest BCUT2D eigenvalue weighted by molar-refractivity contribution is 0.392. The predicted octanol–water partition coefficient (Wildman–Crippen LogP) is 3.85. The molecule has 0 saturated carbocycles. The van der Waals surface area contributed by atoms with Gasteiger partial charge in [0.05, 0.1) is 20.3 Å². The van der Waals surface area contributed by atoms with E-state index in [1.807, 2.05) is 23.6 Å². The van der Waals surface area contributed by atoms with Crippen LogP contribution in [0.25, 0.3) is 0 Å². The van der Waals surface area contributed by atoms with Gasteiger partial charge in [0.15, 0.2) is 0 Å². The summed E-state index contributed by atoms with van der Waals surface area (Å²) in [6.45, 7) is 1.10. The van der Waals surface area contributed by atoms with Crippen LogP contribution in [0.15, 0.2) is 64.9 Å². The van der Waals surface area contributed by atoms with E-state index in [1.54, 1.807) is 23.5 Å². The first-order valence-corrected chi connectivity index (χ1v) is 12.0. The van der Waals surface area contributed by atoms with Crippen molar-refractivity contribution in [3.8, 4) is 11.5 Å². The molecule has 158 valence electrons. The molecule has 0 bridgehead atoms. The lowest BCUT2D eigenvalue weighted by Gasteiger charge is -2.30. The highest BCUT2D eigenvalue weighted by molar-refractivity contribution is 7.89. The highest BCUT2D eigenvalue weighted by atomic mass is 32.2. The minimum atomic E-state index is -3.81. The Balaban J connectivity index is 1.63. The van der Waals surface area contributed by atoms with Crippen molar-refractivity contribution < 1.29 is 17.9 Å². The van der Waals surface area contributed by atoms with Gasteiger partial charge in [-0.2, -0.15) is 0 Å². The number of hydrogen-bond donors (Lipinski definition) is 1. The maximum absolute atomic E-state index is 13.2. The van der Waals surface area contributed by atoms with Gasteiger partial charge < -0.3 is 14.4 Å². The number of fused-ring (bicyclic) bond motifs is 1. The Hall–Kier alpha value is -2.55. The summed E-state index contributed by atoms with van der Waals surface area (Å²) in [7, 11) is -0.848. The Kier molecular flexibility index (Phi) is 5.99. The fourth-order valence-corrected chi connectivity index (χ4v) is 5.85. The number of sulfonamides is 1. The molecule has 0 saturated heterocycles. The van der Waals surface area contributed by atoms with Gasteiger partial charge in [0, 0.05) is 29.7 Å². The molecule has 0 amide bonds. The third-order valence-corrected chi connectivity index (χ3v) is 7.72. The molecule has 30 heavy (non-hydrogen) atoms. The standard InChI is InChI=1S/C22H24N2O4S2/c1-27-17-9-10-20(28-2)22(14-17)30(25,26)23-15-19(21-8-5-13-29-21)24-12-11-16-6-3-4-7-18(16)24/h3-10,13-14,19,23H,11-12,15H2,1-2H3/t19-/m1/s1. The fourth-order valence-electron chi connectivity index (χ4n) is 3.79. The van der Waals surface area contributed by atoms with Crippen LogP contribution in [-0.2, 0) is 16.4 Å². The number of anilines is 1. The number of benzene rings is 2. The molecule has 0 radical (unpaired) electrons. The molecule has 4 rings (SSSR count). The first-order valence-electron chi connectivity index (χ1n) is 9.63. The van der Waals surface area contributed by atoms with Crippen LogP contribution < -0.4 is 19.1 Å². The van der Waals surface area contributed by atoms with Gasteiger partial charge in [0.25, 0.3) is 0 Å². The number of nitrogens with one attached hydrogen (secondary N) is 1. The number of nitrogens with zero attached hydrogens (tertiary/aromatic N) is 1. The lowest BCUT2D eigenvalue weighted by atomic mass is 10.1. The van der Waals surface area contributed by atoms with E-state index in [4.69, 9.17) is 9.47 Å². The van der Waals surface area contributed by atoms with Crippen LogP contribution in [0.5, 0.6) is 11.5 Å². The van der Waals surface area contributed by atoms with Crippen LogP contribution in [0.1, 0.15) is 16.5 Å². The van der Waals surface area contributed by atoms with Crippen LogP contribution in [0.4, 0.5) is 5.69 Å². The molecule has 3 aromatic rings. The zero-order chi connectivity index (χ0) is 21.1. The number of ether oxygens (including phenoxy) is 2. The molecular formula is C22H24N2O4S2. The summed E-state index contributed by atoms with van der Waals surface area (Å²) in [5, 5.41) is 2.02. The first-order chi connectivity index (χ1) is 14.5. The molecule has 1 aliphatic rings. The van der Waals surface area contributed by atoms with Crippen LogP contribution in [-0.4, -0.2) is 35.7 Å². The van der Waals surface area contributed by atoms with Crippen molar-refractivity contribution in [3.63, 3.8) is 0 Å². The van der Waals surface area contributed by atoms with E-state index in [2.05, 4.69) is 27.8 Å².